The summed E-state index contributed by atoms with van der Waals surface area (Å²) in [5.41, 5.74) is -0.588. The van der Waals surface area contributed by atoms with Crippen molar-refractivity contribution in [1.29, 1.82) is 0 Å². The molecule has 26 heavy (non-hydrogen) atoms. The first-order chi connectivity index (χ1) is 11.9. The van der Waals surface area contributed by atoms with Gasteiger partial charge >= 0.3 is 5.97 Å². The minimum absolute atomic E-state index is 0.0138. The van der Waals surface area contributed by atoms with E-state index in [1.807, 2.05) is 20.8 Å². The topological polar surface area (TPSA) is 97.1 Å². The fourth-order valence-electron chi connectivity index (χ4n) is 3.05. The lowest BCUT2D eigenvalue weighted by molar-refractivity contribution is -0.140. The standard InChI is InChI=1S/C17H26N2O6S/c1-11-13(15(20)24-6)14(12(2)25-11)26(22,23)19-9-7-18(8-10-19)16(21)17(3,4)5/h7-10H2,1-6H3. The molecular weight excluding hydrogens is 360 g/mol. The Morgan fingerprint density at radius 3 is 2.04 bits per heavy atom. The van der Waals surface area contributed by atoms with Crippen molar-refractivity contribution in [3.05, 3.63) is 17.1 Å². The van der Waals surface area contributed by atoms with Gasteiger partial charge in [-0.15, -0.1) is 0 Å². The van der Waals surface area contributed by atoms with E-state index >= 15 is 0 Å². The Bertz CT molecular complexity index is 811. The van der Waals surface area contributed by atoms with Crippen LogP contribution in [0.2, 0.25) is 0 Å². The van der Waals surface area contributed by atoms with Crippen LogP contribution in [0.1, 0.15) is 42.6 Å². The zero-order valence-electron chi connectivity index (χ0n) is 16.1. The Morgan fingerprint density at radius 2 is 1.58 bits per heavy atom. The molecule has 1 fully saturated rings. The van der Waals surface area contributed by atoms with Gasteiger partial charge in [0.15, 0.2) is 0 Å². The van der Waals surface area contributed by atoms with Crippen LogP contribution in [0.3, 0.4) is 0 Å². The van der Waals surface area contributed by atoms with Crippen LogP contribution in [0.25, 0.3) is 0 Å². The maximum absolute atomic E-state index is 13.1. The number of aryl methyl sites for hydroxylation is 2. The Labute approximate surface area is 154 Å². The summed E-state index contributed by atoms with van der Waals surface area (Å²) in [4.78, 5) is 25.9. The number of ether oxygens (including phenoxy) is 1. The van der Waals surface area contributed by atoms with Gasteiger partial charge in [0.05, 0.1) is 7.11 Å². The predicted molar refractivity (Wildman–Crippen MR) is 94.3 cm³/mol. The van der Waals surface area contributed by atoms with Crippen LogP contribution in [-0.4, -0.2) is 62.8 Å². The molecule has 1 aromatic heterocycles. The molecule has 0 bridgehead atoms. The second kappa shape index (κ2) is 7.03. The fraction of sp³-hybridized carbons (Fsp3) is 0.647. The third-order valence-electron chi connectivity index (χ3n) is 4.36. The van der Waals surface area contributed by atoms with E-state index in [1.165, 1.54) is 25.3 Å². The summed E-state index contributed by atoms with van der Waals surface area (Å²) in [6.45, 7) is 9.46. The molecule has 1 saturated heterocycles. The molecule has 2 rings (SSSR count). The van der Waals surface area contributed by atoms with Gasteiger partial charge < -0.3 is 14.1 Å². The number of hydrogen-bond acceptors (Lipinski definition) is 6. The highest BCUT2D eigenvalue weighted by Gasteiger charge is 2.38. The summed E-state index contributed by atoms with van der Waals surface area (Å²) in [6, 6.07) is 0. The summed E-state index contributed by atoms with van der Waals surface area (Å²) in [5, 5.41) is 0. The highest BCUT2D eigenvalue weighted by atomic mass is 32.2. The van der Waals surface area contributed by atoms with Crippen LogP contribution in [-0.2, 0) is 19.6 Å². The zero-order valence-corrected chi connectivity index (χ0v) is 16.9. The van der Waals surface area contributed by atoms with Crippen molar-refractivity contribution in [2.45, 2.75) is 39.5 Å². The van der Waals surface area contributed by atoms with Crippen LogP contribution in [0.5, 0.6) is 0 Å². The highest BCUT2D eigenvalue weighted by molar-refractivity contribution is 7.89. The predicted octanol–water partition coefficient (Wildman–Crippen LogP) is 1.56. The molecule has 1 aromatic rings. The molecule has 0 aliphatic carbocycles. The number of esters is 1. The minimum Gasteiger partial charge on any atom is -0.465 e. The van der Waals surface area contributed by atoms with Gasteiger partial charge in [-0.2, -0.15) is 4.31 Å². The average Bonchev–Trinajstić information content (AvgIpc) is 2.87. The Morgan fingerprint density at radius 1 is 1.04 bits per heavy atom. The molecule has 1 aliphatic heterocycles. The molecular formula is C17H26N2O6S. The van der Waals surface area contributed by atoms with Gasteiger partial charge in [0.1, 0.15) is 22.0 Å². The second-order valence-corrected chi connectivity index (χ2v) is 9.23. The van der Waals surface area contributed by atoms with Crippen molar-refractivity contribution in [3.63, 3.8) is 0 Å². The average molecular weight is 386 g/mol. The lowest BCUT2D eigenvalue weighted by atomic mass is 9.94. The normalized spacial score (nSPS) is 16.6. The number of carbonyl (C=O) groups is 2. The van der Waals surface area contributed by atoms with E-state index in [2.05, 4.69) is 0 Å². The molecule has 146 valence electrons. The smallest absolute Gasteiger partial charge is 0.342 e. The quantitative estimate of drug-likeness (QED) is 0.732. The maximum atomic E-state index is 13.1. The van der Waals surface area contributed by atoms with Crippen molar-refractivity contribution in [1.82, 2.24) is 9.21 Å². The monoisotopic (exact) mass is 386 g/mol. The Hall–Kier alpha value is -1.87. The van der Waals surface area contributed by atoms with E-state index in [4.69, 9.17) is 9.15 Å². The van der Waals surface area contributed by atoms with Gasteiger partial charge in [-0.05, 0) is 13.8 Å². The van der Waals surface area contributed by atoms with E-state index in [0.717, 1.165) is 0 Å². The van der Waals surface area contributed by atoms with Crippen LogP contribution in [0.15, 0.2) is 9.31 Å². The first-order valence-corrected chi connectivity index (χ1v) is 9.83. The summed E-state index contributed by atoms with van der Waals surface area (Å²) in [6.07, 6.45) is 0. The van der Waals surface area contributed by atoms with E-state index in [1.54, 1.807) is 4.90 Å². The van der Waals surface area contributed by atoms with E-state index in [9.17, 15) is 18.0 Å². The molecule has 0 atom stereocenters. The molecule has 2 heterocycles. The molecule has 0 saturated carbocycles. The summed E-state index contributed by atoms with van der Waals surface area (Å²) in [5.74, 6) is -0.412. The molecule has 0 N–H and O–H groups in total. The van der Waals surface area contributed by atoms with E-state index in [-0.39, 0.29) is 41.0 Å². The molecule has 1 amide bonds. The van der Waals surface area contributed by atoms with E-state index in [0.29, 0.717) is 13.1 Å². The number of hydrogen-bond donors (Lipinski definition) is 0. The minimum atomic E-state index is -3.94. The number of sulfonamides is 1. The second-order valence-electron chi connectivity index (χ2n) is 7.36. The van der Waals surface area contributed by atoms with Crippen molar-refractivity contribution in [2.75, 3.05) is 33.3 Å². The lowest BCUT2D eigenvalue weighted by Gasteiger charge is -2.37. The van der Waals surface area contributed by atoms with Crippen LogP contribution in [0, 0.1) is 19.3 Å². The van der Waals surface area contributed by atoms with Crippen molar-refractivity contribution >= 4 is 21.9 Å². The summed E-state index contributed by atoms with van der Waals surface area (Å²) >= 11 is 0. The molecule has 0 aromatic carbocycles. The number of methoxy groups -OCH3 is 1. The van der Waals surface area contributed by atoms with Crippen molar-refractivity contribution < 1.29 is 27.2 Å². The van der Waals surface area contributed by atoms with Crippen molar-refractivity contribution in [3.8, 4) is 0 Å². The Balaban J connectivity index is 2.29. The third kappa shape index (κ3) is 3.64. The van der Waals surface area contributed by atoms with Crippen LogP contribution in [0.4, 0.5) is 0 Å². The number of piperazine rings is 1. The summed E-state index contributed by atoms with van der Waals surface area (Å²) < 4.78 is 37.5. The van der Waals surface area contributed by atoms with E-state index < -0.39 is 21.4 Å². The molecule has 1 aliphatic rings. The van der Waals surface area contributed by atoms with Gasteiger partial charge in [0, 0.05) is 31.6 Å². The summed E-state index contributed by atoms with van der Waals surface area (Å²) in [7, 11) is -2.75. The lowest BCUT2D eigenvalue weighted by Crippen LogP contribution is -2.53. The maximum Gasteiger partial charge on any atom is 0.342 e. The van der Waals surface area contributed by atoms with Gasteiger partial charge in [-0.25, -0.2) is 13.2 Å². The van der Waals surface area contributed by atoms with Crippen LogP contribution < -0.4 is 0 Å². The molecule has 0 radical (unpaired) electrons. The number of nitrogens with zero attached hydrogens (tertiary/aromatic N) is 2. The fourth-order valence-corrected chi connectivity index (χ4v) is 4.84. The molecule has 0 spiro atoms. The number of rotatable bonds is 3. The van der Waals surface area contributed by atoms with Gasteiger partial charge in [-0.1, -0.05) is 20.8 Å². The van der Waals surface area contributed by atoms with Gasteiger partial charge in [-0.3, -0.25) is 4.79 Å². The van der Waals surface area contributed by atoms with Gasteiger partial charge in [0.25, 0.3) is 0 Å². The first-order valence-electron chi connectivity index (χ1n) is 8.39. The molecule has 0 unspecified atom stereocenters. The first kappa shape index (κ1) is 20.4. The largest absolute Gasteiger partial charge is 0.465 e. The zero-order chi connectivity index (χ0) is 19.9. The molecule has 8 nitrogen and oxygen atoms in total. The number of carbonyl (C=O) groups excluding carboxylic acids is 2. The van der Waals surface area contributed by atoms with Gasteiger partial charge in [0.2, 0.25) is 15.9 Å². The number of furan rings is 1. The third-order valence-corrected chi connectivity index (χ3v) is 6.41. The Kier molecular flexibility index (Phi) is 5.53. The number of amides is 1. The SMILES string of the molecule is COC(=O)c1c(C)oc(C)c1S(=O)(=O)N1CCN(C(=O)C(C)(C)C)CC1. The molecule has 9 heteroatoms. The van der Waals surface area contributed by atoms with Crippen LogP contribution >= 0.6 is 0 Å². The highest BCUT2D eigenvalue weighted by Crippen LogP contribution is 2.30. The van der Waals surface area contributed by atoms with Crippen molar-refractivity contribution in [2.24, 2.45) is 5.41 Å².